The van der Waals surface area contributed by atoms with Crippen LogP contribution in [-0.2, 0) is 0 Å². The normalized spacial score (nSPS) is 21.8. The number of benzene rings is 1. The smallest absolute Gasteiger partial charge is 0.407 e. The molecule has 5 rings (SSSR count). The summed E-state index contributed by atoms with van der Waals surface area (Å²) in [5, 5.41) is 10.2. The fraction of sp³-hybridized carbons (Fsp3) is 0.391. The van der Waals surface area contributed by atoms with Crippen LogP contribution in [0.15, 0.2) is 36.5 Å². The molecule has 2 saturated heterocycles. The van der Waals surface area contributed by atoms with Crippen molar-refractivity contribution in [3.8, 4) is 16.9 Å². The van der Waals surface area contributed by atoms with Crippen LogP contribution in [0.3, 0.4) is 0 Å². The summed E-state index contributed by atoms with van der Waals surface area (Å²) in [7, 11) is 1.58. The van der Waals surface area contributed by atoms with Gasteiger partial charge in [0.1, 0.15) is 17.2 Å². The molecule has 0 aliphatic carbocycles. The monoisotopic (exact) mass is 424 g/mol. The van der Waals surface area contributed by atoms with E-state index in [0.29, 0.717) is 30.3 Å². The number of fused-ring (bicyclic) bond motifs is 1. The van der Waals surface area contributed by atoms with Gasteiger partial charge in [0, 0.05) is 54.4 Å². The number of methoxy groups -OCH3 is 1. The average molecular weight is 424 g/mol. The second-order valence-electron chi connectivity index (χ2n) is 8.34. The Morgan fingerprint density at radius 3 is 2.84 bits per heavy atom. The van der Waals surface area contributed by atoms with Crippen LogP contribution in [0.4, 0.5) is 9.18 Å². The van der Waals surface area contributed by atoms with Gasteiger partial charge in [0.25, 0.3) is 0 Å². The summed E-state index contributed by atoms with van der Waals surface area (Å²) >= 11 is 0. The molecule has 0 spiro atoms. The minimum atomic E-state index is -0.833. The maximum Gasteiger partial charge on any atom is 0.407 e. The van der Waals surface area contributed by atoms with Gasteiger partial charge >= 0.3 is 6.09 Å². The lowest BCUT2D eigenvalue weighted by Gasteiger charge is -2.23. The van der Waals surface area contributed by atoms with E-state index in [0.717, 1.165) is 48.2 Å². The Labute approximate surface area is 179 Å². The van der Waals surface area contributed by atoms with E-state index in [2.05, 4.69) is 20.9 Å². The van der Waals surface area contributed by atoms with Crippen LogP contribution in [0, 0.1) is 5.82 Å². The summed E-state index contributed by atoms with van der Waals surface area (Å²) < 4.78 is 19.4. The minimum Gasteiger partial charge on any atom is -0.496 e. The first-order chi connectivity index (χ1) is 15.0. The number of rotatable bonds is 4. The Balaban J connectivity index is 1.41. The van der Waals surface area contributed by atoms with Gasteiger partial charge in [-0.25, -0.2) is 14.2 Å². The molecular formula is C23H25FN4O3. The molecule has 0 saturated carbocycles. The number of nitrogens with zero attached hydrogens (tertiary/aromatic N) is 3. The van der Waals surface area contributed by atoms with Gasteiger partial charge in [-0.3, -0.25) is 4.90 Å². The predicted octanol–water partition coefficient (Wildman–Crippen LogP) is 3.92. The van der Waals surface area contributed by atoms with Gasteiger partial charge in [-0.05, 0) is 55.3 Å². The number of H-pyrrole nitrogens is 1. The van der Waals surface area contributed by atoms with E-state index in [4.69, 9.17) is 4.74 Å². The van der Waals surface area contributed by atoms with Crippen LogP contribution in [0.5, 0.6) is 5.75 Å². The van der Waals surface area contributed by atoms with E-state index in [1.807, 2.05) is 6.07 Å². The Morgan fingerprint density at radius 2 is 2.06 bits per heavy atom. The number of aromatic amines is 1. The molecule has 31 heavy (non-hydrogen) atoms. The zero-order chi connectivity index (χ0) is 21.5. The number of likely N-dealkylation sites (tertiary alicyclic amines) is 2. The highest BCUT2D eigenvalue weighted by Crippen LogP contribution is 2.37. The number of ether oxygens (including phenoxy) is 1. The maximum atomic E-state index is 14.0. The van der Waals surface area contributed by atoms with E-state index in [-0.39, 0.29) is 11.9 Å². The Bertz CT molecular complexity index is 1130. The van der Waals surface area contributed by atoms with Gasteiger partial charge in [0.15, 0.2) is 0 Å². The standard InChI is InChI=1S/C23H25FN4O3/c1-31-21-3-2-15(24)10-18(21)17-4-7-25-22-19(17)11-20(26-22)14-5-8-27(12-14)16-6-9-28(13-16)23(29)30/h2-4,7,10-11,14,16H,5-6,8-9,12-13H2,1H3,(H,25,26)(H,29,30). The topological polar surface area (TPSA) is 81.7 Å². The molecule has 4 heterocycles. The highest BCUT2D eigenvalue weighted by Gasteiger charge is 2.35. The summed E-state index contributed by atoms with van der Waals surface area (Å²) in [6, 6.07) is 8.82. The molecule has 0 radical (unpaired) electrons. The molecule has 2 aromatic heterocycles. The van der Waals surface area contributed by atoms with Crippen molar-refractivity contribution in [2.45, 2.75) is 24.8 Å². The summed E-state index contributed by atoms with van der Waals surface area (Å²) in [6.07, 6.45) is 2.79. The highest BCUT2D eigenvalue weighted by atomic mass is 19.1. The van der Waals surface area contributed by atoms with Gasteiger partial charge in [0.05, 0.1) is 7.11 Å². The maximum absolute atomic E-state index is 14.0. The van der Waals surface area contributed by atoms with Crippen LogP contribution in [-0.4, -0.2) is 70.3 Å². The zero-order valence-electron chi connectivity index (χ0n) is 17.3. The third-order valence-electron chi connectivity index (χ3n) is 6.61. The molecular weight excluding hydrogens is 399 g/mol. The van der Waals surface area contributed by atoms with E-state index in [1.165, 1.54) is 17.0 Å². The summed E-state index contributed by atoms with van der Waals surface area (Å²) in [5.41, 5.74) is 3.47. The van der Waals surface area contributed by atoms with Gasteiger partial charge in [-0.2, -0.15) is 0 Å². The fourth-order valence-corrected chi connectivity index (χ4v) is 4.98. The molecule has 2 N–H and O–H groups in total. The first-order valence-corrected chi connectivity index (χ1v) is 10.6. The number of carbonyl (C=O) groups is 1. The molecule has 2 aliphatic rings. The van der Waals surface area contributed by atoms with Gasteiger partial charge in [0.2, 0.25) is 0 Å². The number of halogens is 1. The van der Waals surface area contributed by atoms with Gasteiger partial charge in [-0.1, -0.05) is 0 Å². The third kappa shape index (κ3) is 3.61. The first-order valence-electron chi connectivity index (χ1n) is 10.6. The molecule has 0 bridgehead atoms. The molecule has 2 unspecified atom stereocenters. The van der Waals surface area contributed by atoms with Crippen molar-refractivity contribution in [1.82, 2.24) is 19.8 Å². The number of amides is 1. The average Bonchev–Trinajstić information content (AvgIpc) is 3.51. The number of pyridine rings is 1. The molecule has 1 amide bonds. The van der Waals surface area contributed by atoms with Crippen LogP contribution in [0.25, 0.3) is 22.2 Å². The molecule has 162 valence electrons. The van der Waals surface area contributed by atoms with Crippen LogP contribution < -0.4 is 4.74 Å². The number of hydrogen-bond donors (Lipinski definition) is 2. The fourth-order valence-electron chi connectivity index (χ4n) is 4.98. The second-order valence-corrected chi connectivity index (χ2v) is 8.34. The Morgan fingerprint density at radius 1 is 1.19 bits per heavy atom. The molecule has 8 heteroatoms. The molecule has 2 aliphatic heterocycles. The molecule has 2 fully saturated rings. The predicted molar refractivity (Wildman–Crippen MR) is 115 cm³/mol. The second kappa shape index (κ2) is 7.85. The summed E-state index contributed by atoms with van der Waals surface area (Å²) in [6.45, 7) is 3.04. The number of carboxylic acid groups (broad SMARTS) is 1. The van der Waals surface area contributed by atoms with E-state index >= 15 is 0 Å². The molecule has 3 aromatic rings. The zero-order valence-corrected chi connectivity index (χ0v) is 17.3. The van der Waals surface area contributed by atoms with Crippen molar-refractivity contribution in [3.63, 3.8) is 0 Å². The molecule has 1 aromatic carbocycles. The van der Waals surface area contributed by atoms with Crippen molar-refractivity contribution in [2.24, 2.45) is 0 Å². The van der Waals surface area contributed by atoms with E-state index in [9.17, 15) is 14.3 Å². The van der Waals surface area contributed by atoms with Crippen LogP contribution in [0.2, 0.25) is 0 Å². The third-order valence-corrected chi connectivity index (χ3v) is 6.61. The van der Waals surface area contributed by atoms with E-state index in [1.54, 1.807) is 19.4 Å². The quantitative estimate of drug-likeness (QED) is 0.664. The Kier molecular flexibility index (Phi) is 5.02. The van der Waals surface area contributed by atoms with Crippen molar-refractivity contribution in [1.29, 1.82) is 0 Å². The lowest BCUT2D eigenvalue weighted by Crippen LogP contribution is -2.37. The van der Waals surface area contributed by atoms with Crippen molar-refractivity contribution in [2.75, 3.05) is 33.3 Å². The lowest BCUT2D eigenvalue weighted by atomic mass is 10.0. The number of nitrogens with one attached hydrogen (secondary N) is 1. The first kappa shape index (κ1) is 19.8. The summed E-state index contributed by atoms with van der Waals surface area (Å²) in [5.74, 6) is 0.637. The number of aromatic nitrogens is 2. The van der Waals surface area contributed by atoms with Gasteiger partial charge < -0.3 is 19.7 Å². The van der Waals surface area contributed by atoms with Crippen molar-refractivity contribution < 1.29 is 19.0 Å². The molecule has 7 nitrogen and oxygen atoms in total. The van der Waals surface area contributed by atoms with Crippen molar-refractivity contribution in [3.05, 3.63) is 48.0 Å². The van der Waals surface area contributed by atoms with Crippen molar-refractivity contribution >= 4 is 17.1 Å². The summed E-state index contributed by atoms with van der Waals surface area (Å²) in [4.78, 5) is 23.1. The Hall–Kier alpha value is -3.13. The van der Waals surface area contributed by atoms with E-state index < -0.39 is 6.09 Å². The lowest BCUT2D eigenvalue weighted by molar-refractivity contribution is 0.150. The van der Waals surface area contributed by atoms with Gasteiger partial charge in [-0.15, -0.1) is 0 Å². The SMILES string of the molecule is COc1ccc(F)cc1-c1ccnc2[nH]c(C3CCN(C4CCN(C(=O)O)C4)C3)cc12. The number of hydrogen-bond acceptors (Lipinski definition) is 4. The largest absolute Gasteiger partial charge is 0.496 e. The van der Waals surface area contributed by atoms with Crippen LogP contribution in [0.1, 0.15) is 24.5 Å². The highest BCUT2D eigenvalue weighted by molar-refractivity contribution is 5.95. The van der Waals surface area contributed by atoms with Crippen LogP contribution >= 0.6 is 0 Å². The molecule has 2 atom stereocenters. The minimum absolute atomic E-state index is 0.288.